The van der Waals surface area contributed by atoms with Gasteiger partial charge >= 0.3 is 0 Å². The monoisotopic (exact) mass is 844 g/mol. The molecule has 4 rings (SSSR count). The van der Waals surface area contributed by atoms with Gasteiger partial charge in [-0.2, -0.15) is 11.8 Å². The second kappa shape index (κ2) is 17.1. The van der Waals surface area contributed by atoms with Gasteiger partial charge in [-0.1, -0.05) is 94.1 Å². The van der Waals surface area contributed by atoms with Crippen LogP contribution >= 0.6 is 188 Å². The molecule has 0 spiro atoms. The molecule has 0 radical (unpaired) electrons. The fourth-order valence-electron chi connectivity index (χ4n) is 3.31. The van der Waals surface area contributed by atoms with Crippen LogP contribution < -0.4 is 0 Å². The first-order chi connectivity index (χ1) is 19.5. The van der Waals surface area contributed by atoms with E-state index in [9.17, 15) is 0 Å². The minimum Gasteiger partial charge on any atom is -0.154 e. The Morgan fingerprint density at radius 1 is 0.439 bits per heavy atom. The zero-order chi connectivity index (χ0) is 29.9. The summed E-state index contributed by atoms with van der Waals surface area (Å²) >= 11 is 31.5. The van der Waals surface area contributed by atoms with E-state index in [0.717, 1.165) is 5.08 Å². The summed E-state index contributed by atoms with van der Waals surface area (Å²) in [6, 6.07) is 0. The van der Waals surface area contributed by atoms with Gasteiger partial charge in [-0.3, -0.25) is 0 Å². The SMILES string of the molecule is CSC1=C(SC)SC(=C2SC(SC)=C(C(C)(C)SCSC3=C(SC)S/C(=C4/SC(SC)=C(C(C)(C)SC)S4)S3)S2)S1. The Balaban J connectivity index is 1.40. The van der Waals surface area contributed by atoms with Crippen LogP contribution in [0.3, 0.4) is 0 Å². The summed E-state index contributed by atoms with van der Waals surface area (Å²) in [6.45, 7) is 9.55. The van der Waals surface area contributed by atoms with E-state index in [-0.39, 0.29) is 9.49 Å². The average molecular weight is 846 g/mol. The number of hydrogen-bond donors (Lipinski definition) is 0. The van der Waals surface area contributed by atoms with Gasteiger partial charge in [0, 0.05) is 24.4 Å². The molecule has 0 amide bonds. The number of rotatable bonds is 12. The summed E-state index contributed by atoms with van der Waals surface area (Å²) < 4.78 is 14.9. The summed E-state index contributed by atoms with van der Waals surface area (Å²) in [7, 11) is 0. The van der Waals surface area contributed by atoms with Crippen molar-refractivity contribution in [1.29, 1.82) is 0 Å². The molecule has 0 aromatic heterocycles. The minimum absolute atomic E-state index is 0.0712. The molecule has 0 saturated carbocycles. The summed E-state index contributed by atoms with van der Waals surface area (Å²) in [4.78, 5) is 3.05. The largest absolute Gasteiger partial charge is 0.154 e. The Morgan fingerprint density at radius 2 is 0.780 bits per heavy atom. The Morgan fingerprint density at radius 3 is 1.20 bits per heavy atom. The van der Waals surface area contributed by atoms with Crippen LogP contribution in [0.2, 0.25) is 0 Å². The molecule has 0 unspecified atom stereocenters. The zero-order valence-corrected chi connectivity index (χ0v) is 37.3. The van der Waals surface area contributed by atoms with Crippen molar-refractivity contribution in [2.24, 2.45) is 0 Å². The van der Waals surface area contributed by atoms with Gasteiger partial charge in [0.25, 0.3) is 0 Å². The first-order valence-corrected chi connectivity index (χ1v) is 27.8. The van der Waals surface area contributed by atoms with Crippen molar-refractivity contribution < 1.29 is 0 Å². The summed E-state index contributed by atoms with van der Waals surface area (Å²) in [5, 5.41) is 1.06. The molecule has 0 aromatic rings. The van der Waals surface area contributed by atoms with Gasteiger partial charge in [-0.15, -0.1) is 82.3 Å². The van der Waals surface area contributed by atoms with Crippen molar-refractivity contribution in [1.82, 2.24) is 0 Å². The van der Waals surface area contributed by atoms with Gasteiger partial charge in [0.2, 0.25) is 0 Å². The van der Waals surface area contributed by atoms with Crippen LogP contribution in [0.5, 0.6) is 0 Å². The molecule has 0 N–H and O–H groups in total. The maximum absolute atomic E-state index is 2.42. The van der Waals surface area contributed by atoms with Gasteiger partial charge in [0.15, 0.2) is 0 Å². The fourth-order valence-corrected chi connectivity index (χ4v) is 25.4. The molecule has 16 heteroatoms. The zero-order valence-electron chi connectivity index (χ0n) is 24.2. The molecule has 0 aromatic carbocycles. The quantitative estimate of drug-likeness (QED) is 0.171. The molecule has 0 fully saturated rings. The molecule has 4 aliphatic rings. The Bertz CT molecular complexity index is 1210. The maximum atomic E-state index is 2.42. The van der Waals surface area contributed by atoms with Crippen molar-refractivity contribution in [3.63, 3.8) is 0 Å². The topological polar surface area (TPSA) is 0 Å². The molecular weight excluding hydrogens is 813 g/mol. The summed E-state index contributed by atoms with van der Waals surface area (Å²) in [5.74, 6) is 0. The Labute approximate surface area is 315 Å². The van der Waals surface area contributed by atoms with E-state index in [1.807, 2.05) is 176 Å². The predicted octanol–water partition coefficient (Wildman–Crippen LogP) is 14.9. The Kier molecular flexibility index (Phi) is 15.8. The van der Waals surface area contributed by atoms with Crippen molar-refractivity contribution >= 4 is 188 Å². The lowest BCUT2D eigenvalue weighted by Crippen LogP contribution is -2.16. The smallest absolute Gasteiger partial charge is 0.0717 e. The first-order valence-electron chi connectivity index (χ1n) is 11.9. The van der Waals surface area contributed by atoms with Crippen molar-refractivity contribution in [2.75, 3.05) is 42.6 Å². The average Bonchev–Trinajstić information content (AvgIpc) is 3.75. The lowest BCUT2D eigenvalue weighted by molar-refractivity contribution is 0.888. The molecule has 41 heavy (non-hydrogen) atoms. The third kappa shape index (κ3) is 9.19. The van der Waals surface area contributed by atoms with Crippen LogP contribution in [0, 0.1) is 0 Å². The van der Waals surface area contributed by atoms with E-state index in [2.05, 4.69) is 77.0 Å². The van der Waals surface area contributed by atoms with Gasteiger partial charge in [-0.25, -0.2) is 0 Å². The van der Waals surface area contributed by atoms with Gasteiger partial charge < -0.3 is 0 Å². The maximum Gasteiger partial charge on any atom is 0.0717 e. The van der Waals surface area contributed by atoms with E-state index < -0.39 is 0 Å². The Hall–Kier alpha value is 4.04. The molecule has 228 valence electrons. The first kappa shape index (κ1) is 37.9. The van der Waals surface area contributed by atoms with E-state index in [1.54, 1.807) is 0 Å². The van der Waals surface area contributed by atoms with E-state index >= 15 is 0 Å². The van der Waals surface area contributed by atoms with Gasteiger partial charge in [0.1, 0.15) is 0 Å². The molecule has 0 saturated heterocycles. The van der Waals surface area contributed by atoms with Crippen LogP contribution in [-0.4, -0.2) is 52.1 Å². The molecule has 0 atom stereocenters. The second-order valence-corrected chi connectivity index (χ2v) is 28.2. The number of thioether (sulfide) groups is 16. The third-order valence-electron chi connectivity index (χ3n) is 5.68. The van der Waals surface area contributed by atoms with Crippen molar-refractivity contribution in [3.8, 4) is 0 Å². The third-order valence-corrected chi connectivity index (χ3v) is 28.6. The molecular formula is C25H32S16. The number of hydrogen-bond acceptors (Lipinski definition) is 16. The predicted molar refractivity (Wildman–Crippen MR) is 232 cm³/mol. The molecule has 4 heterocycles. The standard InChI is InChI=1S/C25H32S16/c1-24(2,31-10)12-14(26-5)36-21(34-12)23-40-18(30-9)19(41-23)32-11-33-25(3,4)13-15(27-6)37-20(35-13)22-38-16(28-7)17(29-8)39-22/h11H2,1-10H3/b23-21-. The van der Waals surface area contributed by atoms with E-state index in [0.29, 0.717) is 0 Å². The van der Waals surface area contributed by atoms with Crippen LogP contribution in [0.25, 0.3) is 0 Å². The van der Waals surface area contributed by atoms with Crippen LogP contribution in [0.15, 0.2) is 52.2 Å². The molecule has 0 aliphatic carbocycles. The summed E-state index contributed by atoms with van der Waals surface area (Å²) in [6.07, 6.45) is 13.3. The molecule has 0 nitrogen and oxygen atoms in total. The van der Waals surface area contributed by atoms with Crippen LogP contribution in [0.4, 0.5) is 0 Å². The minimum atomic E-state index is 0.0712. The molecule has 4 aliphatic heterocycles. The molecule has 0 bridgehead atoms. The van der Waals surface area contributed by atoms with E-state index in [1.165, 1.54) is 52.2 Å². The highest BCUT2D eigenvalue weighted by Gasteiger charge is 2.38. The lowest BCUT2D eigenvalue weighted by atomic mass is 10.2. The van der Waals surface area contributed by atoms with Gasteiger partial charge in [-0.05, 0) is 65.2 Å². The lowest BCUT2D eigenvalue weighted by Gasteiger charge is -2.25. The van der Waals surface area contributed by atoms with Crippen molar-refractivity contribution in [3.05, 3.63) is 52.2 Å². The highest BCUT2D eigenvalue weighted by atomic mass is 32.3. The fraction of sp³-hybridized carbons (Fsp3) is 0.520. The second-order valence-electron chi connectivity index (χ2n) is 9.00. The van der Waals surface area contributed by atoms with Crippen LogP contribution in [0.1, 0.15) is 27.7 Å². The highest BCUT2D eigenvalue weighted by molar-refractivity contribution is 8.45. The van der Waals surface area contributed by atoms with E-state index in [4.69, 9.17) is 0 Å². The summed E-state index contributed by atoms with van der Waals surface area (Å²) in [5.41, 5.74) is 0. The van der Waals surface area contributed by atoms with Gasteiger partial charge in [0.05, 0.1) is 42.4 Å². The highest BCUT2D eigenvalue weighted by Crippen LogP contribution is 2.68. The normalized spacial score (nSPS) is 22.7. The van der Waals surface area contributed by atoms with Crippen LogP contribution in [-0.2, 0) is 0 Å². The van der Waals surface area contributed by atoms with Crippen molar-refractivity contribution in [2.45, 2.75) is 37.2 Å².